The van der Waals surface area contributed by atoms with Crippen molar-refractivity contribution in [1.29, 1.82) is 0 Å². The molecule has 0 unspecified atom stereocenters. The van der Waals surface area contributed by atoms with Crippen LogP contribution in [-0.2, 0) is 0 Å². The monoisotopic (exact) mass is 398 g/mol. The molecule has 0 aromatic carbocycles. The molecular weight excluding hydrogens is 348 g/mol. The van der Waals surface area contributed by atoms with Gasteiger partial charge in [0.15, 0.2) is 0 Å². The molecule has 5 N–H and O–H groups in total. The topological polar surface area (TPSA) is 63.4 Å². The zero-order valence-electron chi connectivity index (χ0n) is 18.8. The molecule has 168 valence electrons. The molecule has 0 atom stereocenters. The standard InChI is InChI=1S/C22H50N6/c1-2-3-4-5-6-7-8-9-20-28-21-18-26-16-14-24-12-10-23-11-13-25-15-17-27-19-22-28/h23-27H,2-22H2,1H3. The lowest BCUT2D eigenvalue weighted by Crippen LogP contribution is -2.41. The Labute approximate surface area is 175 Å². The Hall–Kier alpha value is -0.240. The molecule has 1 heterocycles. The maximum Gasteiger partial charge on any atom is 0.0107 e. The van der Waals surface area contributed by atoms with Crippen molar-refractivity contribution in [2.75, 3.05) is 85.1 Å². The molecule has 6 nitrogen and oxygen atoms in total. The molecule has 1 fully saturated rings. The first-order valence-electron chi connectivity index (χ1n) is 12.2. The summed E-state index contributed by atoms with van der Waals surface area (Å²) in [5, 5.41) is 17.6. The van der Waals surface area contributed by atoms with Gasteiger partial charge in [-0.05, 0) is 13.0 Å². The Morgan fingerprint density at radius 1 is 0.464 bits per heavy atom. The molecule has 0 spiro atoms. The van der Waals surface area contributed by atoms with E-state index in [-0.39, 0.29) is 0 Å². The summed E-state index contributed by atoms with van der Waals surface area (Å²) in [5.74, 6) is 0. The van der Waals surface area contributed by atoms with E-state index in [4.69, 9.17) is 0 Å². The van der Waals surface area contributed by atoms with Crippen LogP contribution in [0.2, 0.25) is 0 Å². The first-order chi connectivity index (χ1) is 13.9. The smallest absolute Gasteiger partial charge is 0.0107 e. The number of unbranched alkanes of at least 4 members (excludes halogenated alkanes) is 7. The molecule has 28 heavy (non-hydrogen) atoms. The molecule has 0 saturated carbocycles. The van der Waals surface area contributed by atoms with Crippen LogP contribution in [0, 0.1) is 0 Å². The van der Waals surface area contributed by atoms with Gasteiger partial charge in [0.25, 0.3) is 0 Å². The molecule has 0 radical (unpaired) electrons. The summed E-state index contributed by atoms with van der Waals surface area (Å²) in [6.07, 6.45) is 11.2. The van der Waals surface area contributed by atoms with Crippen molar-refractivity contribution >= 4 is 0 Å². The summed E-state index contributed by atoms with van der Waals surface area (Å²) < 4.78 is 0. The maximum atomic E-state index is 3.59. The van der Waals surface area contributed by atoms with E-state index in [9.17, 15) is 0 Å². The van der Waals surface area contributed by atoms with Gasteiger partial charge in [0.05, 0.1) is 0 Å². The molecule has 0 aromatic heterocycles. The van der Waals surface area contributed by atoms with Gasteiger partial charge in [-0.3, -0.25) is 0 Å². The third-order valence-corrected chi connectivity index (χ3v) is 5.45. The Bertz CT molecular complexity index is 285. The lowest BCUT2D eigenvalue weighted by molar-refractivity contribution is 0.266. The Morgan fingerprint density at radius 3 is 1.25 bits per heavy atom. The first kappa shape index (κ1) is 25.8. The van der Waals surface area contributed by atoms with Gasteiger partial charge in [-0.25, -0.2) is 0 Å². The van der Waals surface area contributed by atoms with Gasteiger partial charge >= 0.3 is 0 Å². The molecular formula is C22H50N6. The number of hydrogen-bond acceptors (Lipinski definition) is 6. The van der Waals surface area contributed by atoms with Crippen LogP contribution in [0.3, 0.4) is 0 Å². The van der Waals surface area contributed by atoms with Gasteiger partial charge in [0, 0.05) is 78.5 Å². The largest absolute Gasteiger partial charge is 0.314 e. The van der Waals surface area contributed by atoms with Crippen molar-refractivity contribution in [1.82, 2.24) is 31.5 Å². The first-order valence-corrected chi connectivity index (χ1v) is 12.2. The van der Waals surface area contributed by atoms with E-state index in [2.05, 4.69) is 38.4 Å². The van der Waals surface area contributed by atoms with Crippen LogP contribution in [0.5, 0.6) is 0 Å². The predicted octanol–water partition coefficient (Wildman–Crippen LogP) is 1.39. The summed E-state index contributed by atoms with van der Waals surface area (Å²) >= 11 is 0. The molecule has 0 aliphatic carbocycles. The fraction of sp³-hybridized carbons (Fsp3) is 1.00. The van der Waals surface area contributed by atoms with E-state index in [0.29, 0.717) is 0 Å². The molecule has 1 rings (SSSR count). The normalized spacial score (nSPS) is 20.5. The lowest BCUT2D eigenvalue weighted by Gasteiger charge is -2.23. The molecule has 6 heteroatoms. The van der Waals surface area contributed by atoms with E-state index < -0.39 is 0 Å². The van der Waals surface area contributed by atoms with Gasteiger partial charge in [0.2, 0.25) is 0 Å². The average Bonchev–Trinajstić information content (AvgIpc) is 2.71. The summed E-state index contributed by atoms with van der Waals surface area (Å²) in [6.45, 7) is 16.5. The summed E-state index contributed by atoms with van der Waals surface area (Å²) in [7, 11) is 0. The number of hydrogen-bond donors (Lipinski definition) is 5. The van der Waals surface area contributed by atoms with E-state index in [1.807, 2.05) is 0 Å². The number of nitrogens with one attached hydrogen (secondary N) is 5. The molecule has 0 aromatic rings. The van der Waals surface area contributed by atoms with Crippen LogP contribution >= 0.6 is 0 Å². The number of rotatable bonds is 9. The van der Waals surface area contributed by atoms with Gasteiger partial charge in [-0.2, -0.15) is 0 Å². The van der Waals surface area contributed by atoms with Crippen molar-refractivity contribution in [3.8, 4) is 0 Å². The SMILES string of the molecule is CCCCCCCCCCN1CCNCCNCCNCCNCCNCC1. The van der Waals surface area contributed by atoms with E-state index in [0.717, 1.165) is 78.5 Å². The van der Waals surface area contributed by atoms with Gasteiger partial charge in [-0.1, -0.05) is 51.9 Å². The van der Waals surface area contributed by atoms with Crippen LogP contribution in [0.1, 0.15) is 58.3 Å². The average molecular weight is 399 g/mol. The second-order valence-corrected chi connectivity index (χ2v) is 8.07. The van der Waals surface area contributed by atoms with E-state index in [1.54, 1.807) is 0 Å². The highest BCUT2D eigenvalue weighted by atomic mass is 15.2. The van der Waals surface area contributed by atoms with Gasteiger partial charge in [-0.15, -0.1) is 0 Å². The highest BCUT2D eigenvalue weighted by Gasteiger charge is 2.04. The quantitative estimate of drug-likeness (QED) is 0.378. The van der Waals surface area contributed by atoms with Crippen molar-refractivity contribution < 1.29 is 0 Å². The molecule has 0 bridgehead atoms. The van der Waals surface area contributed by atoms with Crippen molar-refractivity contribution in [3.63, 3.8) is 0 Å². The fourth-order valence-corrected chi connectivity index (χ4v) is 3.61. The minimum atomic E-state index is 1.05. The number of nitrogens with zero attached hydrogens (tertiary/aromatic N) is 1. The minimum absolute atomic E-state index is 1.05. The Kier molecular flexibility index (Phi) is 19.8. The van der Waals surface area contributed by atoms with Crippen LogP contribution in [-0.4, -0.2) is 90.0 Å². The second kappa shape index (κ2) is 21.5. The molecule has 1 saturated heterocycles. The van der Waals surface area contributed by atoms with Crippen molar-refractivity contribution in [2.45, 2.75) is 58.3 Å². The van der Waals surface area contributed by atoms with Crippen LogP contribution in [0.15, 0.2) is 0 Å². The lowest BCUT2D eigenvalue weighted by atomic mass is 10.1. The summed E-state index contributed by atoms with van der Waals surface area (Å²) in [4.78, 5) is 2.64. The van der Waals surface area contributed by atoms with Crippen LogP contribution < -0.4 is 26.6 Å². The van der Waals surface area contributed by atoms with Crippen molar-refractivity contribution in [3.05, 3.63) is 0 Å². The van der Waals surface area contributed by atoms with E-state index in [1.165, 1.54) is 57.9 Å². The minimum Gasteiger partial charge on any atom is -0.314 e. The van der Waals surface area contributed by atoms with E-state index >= 15 is 0 Å². The second-order valence-electron chi connectivity index (χ2n) is 8.07. The Balaban J connectivity index is 2.15. The van der Waals surface area contributed by atoms with Crippen LogP contribution in [0.25, 0.3) is 0 Å². The molecule has 0 amide bonds. The molecule has 1 aliphatic heterocycles. The predicted molar refractivity (Wildman–Crippen MR) is 123 cm³/mol. The van der Waals surface area contributed by atoms with Gasteiger partial charge < -0.3 is 31.5 Å². The highest BCUT2D eigenvalue weighted by Crippen LogP contribution is 2.08. The Morgan fingerprint density at radius 2 is 0.821 bits per heavy atom. The molecule has 1 aliphatic rings. The maximum absolute atomic E-state index is 3.59. The third kappa shape index (κ3) is 17.8. The zero-order valence-corrected chi connectivity index (χ0v) is 18.8. The van der Waals surface area contributed by atoms with Crippen LogP contribution in [0.4, 0.5) is 0 Å². The van der Waals surface area contributed by atoms with Gasteiger partial charge in [0.1, 0.15) is 0 Å². The third-order valence-electron chi connectivity index (χ3n) is 5.45. The summed E-state index contributed by atoms with van der Waals surface area (Å²) in [6, 6.07) is 0. The highest BCUT2D eigenvalue weighted by molar-refractivity contribution is 4.65. The zero-order chi connectivity index (χ0) is 20.0. The fourth-order valence-electron chi connectivity index (χ4n) is 3.61. The summed E-state index contributed by atoms with van der Waals surface area (Å²) in [5.41, 5.74) is 0. The van der Waals surface area contributed by atoms with Crippen molar-refractivity contribution in [2.24, 2.45) is 0 Å².